The SMILES string of the molecule is C=CC(=O)Nc1ccc(Cl)c(-c2nc(Nc3ccc(OC)c(N4CCOCC4)c3)nc3[nH]ncc23)c1. The zero-order valence-corrected chi connectivity index (χ0v) is 20.3. The first-order valence-electron chi connectivity index (χ1n) is 11.3. The average Bonchev–Trinajstić information content (AvgIpc) is 3.38. The molecule has 3 heterocycles. The number of nitrogens with zero attached hydrogens (tertiary/aromatic N) is 4. The van der Waals surface area contributed by atoms with Crippen LogP contribution in [0.3, 0.4) is 0 Å². The lowest BCUT2D eigenvalue weighted by atomic mass is 10.1. The van der Waals surface area contributed by atoms with Gasteiger partial charge in [-0.25, -0.2) is 4.98 Å². The van der Waals surface area contributed by atoms with Crippen molar-refractivity contribution < 1.29 is 14.3 Å². The molecule has 1 fully saturated rings. The number of H-pyrrole nitrogens is 1. The zero-order valence-electron chi connectivity index (χ0n) is 19.5. The summed E-state index contributed by atoms with van der Waals surface area (Å²) in [5, 5.41) is 14.2. The van der Waals surface area contributed by atoms with E-state index in [1.54, 1.807) is 31.5 Å². The van der Waals surface area contributed by atoms with Crippen LogP contribution in [0.25, 0.3) is 22.3 Å². The Kier molecular flexibility index (Phi) is 6.70. The number of ether oxygens (including phenoxy) is 2. The number of nitrogens with one attached hydrogen (secondary N) is 3. The summed E-state index contributed by atoms with van der Waals surface area (Å²) < 4.78 is 11.1. The summed E-state index contributed by atoms with van der Waals surface area (Å²) in [5.74, 6) is 0.812. The summed E-state index contributed by atoms with van der Waals surface area (Å²) in [6.07, 6.45) is 2.85. The van der Waals surface area contributed by atoms with Crippen molar-refractivity contribution in [3.63, 3.8) is 0 Å². The van der Waals surface area contributed by atoms with E-state index in [4.69, 9.17) is 26.1 Å². The molecule has 2 aromatic heterocycles. The van der Waals surface area contributed by atoms with Gasteiger partial charge in [-0.05, 0) is 42.5 Å². The van der Waals surface area contributed by atoms with Gasteiger partial charge in [0.25, 0.3) is 0 Å². The van der Waals surface area contributed by atoms with Gasteiger partial charge in [-0.15, -0.1) is 0 Å². The summed E-state index contributed by atoms with van der Waals surface area (Å²) in [7, 11) is 1.66. The van der Waals surface area contributed by atoms with Crippen molar-refractivity contribution in [3.05, 3.63) is 60.3 Å². The number of amides is 1. The molecule has 0 atom stereocenters. The Balaban J connectivity index is 1.53. The van der Waals surface area contributed by atoms with Crippen molar-refractivity contribution in [2.45, 2.75) is 0 Å². The molecule has 5 rings (SSSR count). The third-order valence-electron chi connectivity index (χ3n) is 5.77. The van der Waals surface area contributed by atoms with Crippen molar-refractivity contribution in [2.75, 3.05) is 48.9 Å². The fraction of sp³-hybridized carbons (Fsp3) is 0.200. The molecule has 1 aliphatic rings. The monoisotopic (exact) mass is 505 g/mol. The molecule has 11 heteroatoms. The second-order valence-corrected chi connectivity index (χ2v) is 8.43. The van der Waals surface area contributed by atoms with E-state index in [0.717, 1.165) is 30.2 Å². The minimum absolute atomic E-state index is 0.322. The van der Waals surface area contributed by atoms with E-state index in [0.29, 0.717) is 52.2 Å². The van der Waals surface area contributed by atoms with Crippen molar-refractivity contribution in [1.82, 2.24) is 20.2 Å². The Bertz CT molecular complexity index is 1430. The smallest absolute Gasteiger partial charge is 0.247 e. The third-order valence-corrected chi connectivity index (χ3v) is 6.10. The van der Waals surface area contributed by atoms with Gasteiger partial charge < -0.3 is 25.0 Å². The van der Waals surface area contributed by atoms with Crippen LogP contribution < -0.4 is 20.3 Å². The highest BCUT2D eigenvalue weighted by atomic mass is 35.5. The predicted molar refractivity (Wildman–Crippen MR) is 140 cm³/mol. The van der Waals surface area contributed by atoms with Crippen molar-refractivity contribution in [1.29, 1.82) is 0 Å². The number of anilines is 4. The Morgan fingerprint density at radius 1 is 1.19 bits per heavy atom. The highest BCUT2D eigenvalue weighted by Gasteiger charge is 2.18. The number of aromatic nitrogens is 4. The van der Waals surface area contributed by atoms with Gasteiger partial charge in [-0.3, -0.25) is 9.89 Å². The molecule has 4 aromatic rings. The Labute approximate surface area is 212 Å². The number of carbonyl (C=O) groups excluding carboxylic acids is 1. The van der Waals surface area contributed by atoms with Crippen LogP contribution in [0.1, 0.15) is 0 Å². The van der Waals surface area contributed by atoms with Crippen LogP contribution in [0, 0.1) is 0 Å². The maximum absolute atomic E-state index is 11.8. The number of fused-ring (bicyclic) bond motifs is 1. The molecule has 1 amide bonds. The quantitative estimate of drug-likeness (QED) is 0.317. The second-order valence-electron chi connectivity index (χ2n) is 8.03. The lowest BCUT2D eigenvalue weighted by Gasteiger charge is -2.30. The highest BCUT2D eigenvalue weighted by Crippen LogP contribution is 2.36. The Morgan fingerprint density at radius 2 is 2.00 bits per heavy atom. The number of morpholine rings is 1. The molecule has 0 unspecified atom stereocenters. The van der Waals surface area contributed by atoms with E-state index in [1.807, 2.05) is 18.2 Å². The normalized spacial score (nSPS) is 13.4. The van der Waals surface area contributed by atoms with Crippen molar-refractivity contribution in [2.24, 2.45) is 0 Å². The zero-order chi connectivity index (χ0) is 25.1. The van der Waals surface area contributed by atoms with Gasteiger partial charge in [0, 0.05) is 30.0 Å². The fourth-order valence-electron chi connectivity index (χ4n) is 4.02. The summed E-state index contributed by atoms with van der Waals surface area (Å²) in [6, 6.07) is 11.0. The molecule has 0 saturated carbocycles. The molecule has 10 nitrogen and oxygen atoms in total. The maximum atomic E-state index is 11.8. The van der Waals surface area contributed by atoms with Crippen LogP contribution in [0.5, 0.6) is 5.75 Å². The first-order chi connectivity index (χ1) is 17.6. The topological polar surface area (TPSA) is 117 Å². The van der Waals surface area contributed by atoms with E-state index < -0.39 is 0 Å². The van der Waals surface area contributed by atoms with Crippen LogP contribution in [-0.4, -0.2) is 59.5 Å². The van der Waals surface area contributed by atoms with E-state index in [9.17, 15) is 4.79 Å². The molecule has 0 aliphatic carbocycles. The average molecular weight is 506 g/mol. The lowest BCUT2D eigenvalue weighted by molar-refractivity contribution is -0.111. The van der Waals surface area contributed by atoms with Crippen LogP contribution in [0.15, 0.2) is 55.3 Å². The summed E-state index contributed by atoms with van der Waals surface area (Å²) in [4.78, 5) is 23.4. The largest absolute Gasteiger partial charge is 0.495 e. The molecule has 36 heavy (non-hydrogen) atoms. The van der Waals surface area contributed by atoms with Crippen molar-refractivity contribution in [3.8, 4) is 17.0 Å². The number of aromatic amines is 1. The molecular formula is C25H24ClN7O3. The van der Waals surface area contributed by atoms with Gasteiger partial charge >= 0.3 is 0 Å². The Morgan fingerprint density at radius 3 is 2.78 bits per heavy atom. The van der Waals surface area contributed by atoms with E-state index >= 15 is 0 Å². The molecule has 1 aliphatic heterocycles. The highest BCUT2D eigenvalue weighted by molar-refractivity contribution is 6.33. The number of carbonyl (C=O) groups is 1. The summed E-state index contributed by atoms with van der Waals surface area (Å²) in [6.45, 7) is 6.37. The number of hydrogen-bond donors (Lipinski definition) is 3. The molecule has 0 bridgehead atoms. The fourth-order valence-corrected chi connectivity index (χ4v) is 4.23. The number of hydrogen-bond acceptors (Lipinski definition) is 8. The van der Waals surface area contributed by atoms with Crippen molar-refractivity contribution >= 4 is 51.6 Å². The summed E-state index contributed by atoms with van der Waals surface area (Å²) in [5.41, 5.74) is 4.05. The van der Waals surface area contributed by atoms with Crippen LogP contribution in [-0.2, 0) is 9.53 Å². The van der Waals surface area contributed by atoms with Gasteiger partial charge in [0.15, 0.2) is 5.65 Å². The van der Waals surface area contributed by atoms with E-state index in [-0.39, 0.29) is 5.91 Å². The van der Waals surface area contributed by atoms with Gasteiger partial charge in [0.05, 0.1) is 48.3 Å². The molecule has 184 valence electrons. The van der Waals surface area contributed by atoms with Crippen LogP contribution >= 0.6 is 11.6 Å². The molecule has 0 spiro atoms. The lowest BCUT2D eigenvalue weighted by Crippen LogP contribution is -2.36. The van der Waals surface area contributed by atoms with Gasteiger partial charge in [-0.1, -0.05) is 18.2 Å². The van der Waals surface area contributed by atoms with E-state index in [2.05, 4.69) is 37.3 Å². The molecule has 2 aromatic carbocycles. The third kappa shape index (κ3) is 4.81. The van der Waals surface area contributed by atoms with Gasteiger partial charge in [-0.2, -0.15) is 10.1 Å². The number of methoxy groups -OCH3 is 1. The predicted octanol–water partition coefficient (Wildman–Crippen LogP) is 4.39. The van der Waals surface area contributed by atoms with Gasteiger partial charge in [0.1, 0.15) is 5.75 Å². The molecular weight excluding hydrogens is 482 g/mol. The number of halogens is 1. The van der Waals surface area contributed by atoms with Gasteiger partial charge in [0.2, 0.25) is 11.9 Å². The van der Waals surface area contributed by atoms with E-state index in [1.165, 1.54) is 6.08 Å². The summed E-state index contributed by atoms with van der Waals surface area (Å²) >= 11 is 6.55. The first-order valence-corrected chi connectivity index (χ1v) is 11.7. The minimum Gasteiger partial charge on any atom is -0.495 e. The molecule has 3 N–H and O–H groups in total. The molecule has 1 saturated heterocycles. The van der Waals surface area contributed by atoms with Crippen LogP contribution in [0.2, 0.25) is 5.02 Å². The Hall–Kier alpha value is -4.15. The first kappa shape index (κ1) is 23.6. The molecule has 0 radical (unpaired) electrons. The minimum atomic E-state index is -0.322. The standard InChI is InChI=1S/C25H24ClN7O3/c1-3-22(34)28-15-4-6-19(26)17(12-15)23-18-14-27-32-24(18)31-25(30-23)29-16-5-7-21(35-2)20(13-16)33-8-10-36-11-9-33/h3-7,12-14H,1,8-11H2,2H3,(H,28,34)(H2,27,29,30,31,32). The number of benzene rings is 2. The van der Waals surface area contributed by atoms with Crippen LogP contribution in [0.4, 0.5) is 23.0 Å². The maximum Gasteiger partial charge on any atom is 0.247 e. The number of rotatable bonds is 7. The second kappa shape index (κ2) is 10.2.